The number of nitrogens with zero attached hydrogens (tertiary/aromatic N) is 4. The van der Waals surface area contributed by atoms with Gasteiger partial charge in [-0.25, -0.2) is 9.97 Å². The molecule has 5 heteroatoms. The molecule has 1 fully saturated rings. The fraction of sp³-hybridized carbons (Fsp3) is 0.174. The van der Waals surface area contributed by atoms with Crippen molar-refractivity contribution in [2.45, 2.75) is 12.8 Å². The molecule has 0 spiro atoms. The lowest BCUT2D eigenvalue weighted by atomic mass is 10.1. The number of aromatic nitrogens is 3. The molecule has 0 N–H and O–H groups in total. The number of rotatable bonds is 3. The second kappa shape index (κ2) is 6.93. The van der Waals surface area contributed by atoms with E-state index in [4.69, 9.17) is 4.98 Å². The summed E-state index contributed by atoms with van der Waals surface area (Å²) in [6, 6.07) is 21.7. The van der Waals surface area contributed by atoms with Crippen molar-refractivity contribution in [3.05, 3.63) is 78.5 Å². The van der Waals surface area contributed by atoms with Crippen LogP contribution in [0.4, 0.5) is 0 Å². The predicted molar refractivity (Wildman–Crippen MR) is 109 cm³/mol. The summed E-state index contributed by atoms with van der Waals surface area (Å²) in [5.41, 5.74) is 4.35. The van der Waals surface area contributed by atoms with E-state index in [9.17, 15) is 4.79 Å². The molecule has 4 aromatic rings. The Morgan fingerprint density at radius 1 is 0.857 bits per heavy atom. The lowest BCUT2D eigenvalue weighted by Crippen LogP contribution is -2.27. The average Bonchev–Trinajstić information content (AvgIpc) is 3.42. The predicted octanol–water partition coefficient (Wildman–Crippen LogP) is 4.32. The van der Waals surface area contributed by atoms with Gasteiger partial charge in [-0.05, 0) is 49.2 Å². The van der Waals surface area contributed by atoms with Crippen LogP contribution in [0.1, 0.15) is 23.2 Å². The van der Waals surface area contributed by atoms with Gasteiger partial charge in [-0.1, -0.05) is 30.3 Å². The number of fused-ring (bicyclic) bond motifs is 1. The minimum absolute atomic E-state index is 0.112. The minimum Gasteiger partial charge on any atom is -0.339 e. The first-order valence-electron chi connectivity index (χ1n) is 9.60. The topological polar surface area (TPSA) is 51.0 Å². The van der Waals surface area contributed by atoms with Gasteiger partial charge in [0.2, 0.25) is 0 Å². The van der Waals surface area contributed by atoms with Crippen molar-refractivity contribution in [1.82, 2.24) is 19.4 Å². The molecule has 0 saturated carbocycles. The molecule has 1 amide bonds. The summed E-state index contributed by atoms with van der Waals surface area (Å²) < 4.78 is 2.05. The van der Waals surface area contributed by atoms with Crippen LogP contribution >= 0.6 is 0 Å². The molecule has 3 heterocycles. The Balaban J connectivity index is 1.60. The van der Waals surface area contributed by atoms with Crippen LogP contribution in [-0.4, -0.2) is 38.4 Å². The Kier molecular flexibility index (Phi) is 4.13. The molecule has 0 unspecified atom stereocenters. The van der Waals surface area contributed by atoms with Crippen molar-refractivity contribution in [2.24, 2.45) is 0 Å². The smallest absolute Gasteiger partial charge is 0.253 e. The molecule has 0 bridgehead atoms. The summed E-state index contributed by atoms with van der Waals surface area (Å²) in [4.78, 5) is 23.9. The molecule has 1 aliphatic rings. The molecule has 0 radical (unpaired) electrons. The number of carbonyl (C=O) groups excluding carboxylic acids is 1. The lowest BCUT2D eigenvalue weighted by Gasteiger charge is -2.15. The fourth-order valence-corrected chi connectivity index (χ4v) is 3.79. The van der Waals surface area contributed by atoms with Crippen LogP contribution in [0.5, 0.6) is 0 Å². The third kappa shape index (κ3) is 2.85. The van der Waals surface area contributed by atoms with Gasteiger partial charge in [0.15, 0.2) is 5.65 Å². The third-order valence-electron chi connectivity index (χ3n) is 5.21. The quantitative estimate of drug-likeness (QED) is 0.541. The zero-order valence-electron chi connectivity index (χ0n) is 15.5. The van der Waals surface area contributed by atoms with E-state index in [1.165, 1.54) is 0 Å². The Hall–Kier alpha value is -3.47. The van der Waals surface area contributed by atoms with Crippen LogP contribution in [0.15, 0.2) is 72.9 Å². The molecule has 138 valence electrons. The van der Waals surface area contributed by atoms with E-state index in [0.29, 0.717) is 0 Å². The monoisotopic (exact) mass is 368 g/mol. The summed E-state index contributed by atoms with van der Waals surface area (Å²) in [5.74, 6) is 0.953. The van der Waals surface area contributed by atoms with Gasteiger partial charge in [-0.3, -0.25) is 9.36 Å². The molecule has 5 rings (SSSR count). The van der Waals surface area contributed by atoms with Gasteiger partial charge in [0, 0.05) is 36.1 Å². The Bertz CT molecular complexity index is 1130. The molecular weight excluding hydrogens is 348 g/mol. The lowest BCUT2D eigenvalue weighted by molar-refractivity contribution is 0.0793. The van der Waals surface area contributed by atoms with Crippen LogP contribution < -0.4 is 0 Å². The van der Waals surface area contributed by atoms with Gasteiger partial charge in [0.05, 0.1) is 0 Å². The first kappa shape index (κ1) is 16.7. The van der Waals surface area contributed by atoms with E-state index in [-0.39, 0.29) is 5.91 Å². The highest BCUT2D eigenvalue weighted by Crippen LogP contribution is 2.27. The van der Waals surface area contributed by atoms with E-state index in [1.807, 2.05) is 71.6 Å². The van der Waals surface area contributed by atoms with Crippen LogP contribution in [0.2, 0.25) is 0 Å². The normalized spacial score (nSPS) is 13.9. The molecular formula is C23H20N4O. The number of carbonyl (C=O) groups is 1. The van der Waals surface area contributed by atoms with Crippen molar-refractivity contribution in [2.75, 3.05) is 13.1 Å². The zero-order chi connectivity index (χ0) is 18.9. The molecule has 5 nitrogen and oxygen atoms in total. The van der Waals surface area contributed by atoms with Crippen molar-refractivity contribution in [3.63, 3.8) is 0 Å². The van der Waals surface area contributed by atoms with Gasteiger partial charge in [0.25, 0.3) is 5.91 Å². The maximum atomic E-state index is 12.6. The number of likely N-dealkylation sites (tertiary alicyclic amines) is 1. The Morgan fingerprint density at radius 3 is 2.36 bits per heavy atom. The maximum absolute atomic E-state index is 12.6. The third-order valence-corrected chi connectivity index (χ3v) is 5.21. The summed E-state index contributed by atoms with van der Waals surface area (Å²) in [6.07, 6.45) is 3.97. The standard InChI is InChI=1S/C23H20N4O/c28-23(26-15-4-5-16-26)18-10-12-19(13-11-18)27-21(17-7-2-1-3-8-17)25-20-9-6-14-24-22(20)27/h1-3,6-14H,4-5,15-16H2. The second-order valence-electron chi connectivity index (χ2n) is 7.03. The van der Waals surface area contributed by atoms with Crippen LogP contribution in [0.25, 0.3) is 28.2 Å². The number of hydrogen-bond acceptors (Lipinski definition) is 3. The van der Waals surface area contributed by atoms with Gasteiger partial charge in [0.1, 0.15) is 11.3 Å². The number of imidazole rings is 1. The molecule has 0 atom stereocenters. The van der Waals surface area contributed by atoms with Crippen LogP contribution in [-0.2, 0) is 0 Å². The van der Waals surface area contributed by atoms with Crippen molar-refractivity contribution >= 4 is 17.1 Å². The van der Waals surface area contributed by atoms with Crippen molar-refractivity contribution in [1.29, 1.82) is 0 Å². The van der Waals surface area contributed by atoms with E-state index in [1.54, 1.807) is 6.20 Å². The summed E-state index contributed by atoms with van der Waals surface area (Å²) in [6.45, 7) is 1.71. The highest BCUT2D eigenvalue weighted by molar-refractivity contribution is 5.94. The highest BCUT2D eigenvalue weighted by atomic mass is 16.2. The van der Waals surface area contributed by atoms with E-state index in [0.717, 1.165) is 59.7 Å². The van der Waals surface area contributed by atoms with E-state index >= 15 is 0 Å². The first-order valence-corrected chi connectivity index (χ1v) is 9.60. The van der Waals surface area contributed by atoms with Crippen molar-refractivity contribution < 1.29 is 4.79 Å². The van der Waals surface area contributed by atoms with E-state index in [2.05, 4.69) is 9.55 Å². The van der Waals surface area contributed by atoms with Crippen molar-refractivity contribution in [3.8, 4) is 17.1 Å². The molecule has 2 aromatic heterocycles. The maximum Gasteiger partial charge on any atom is 0.253 e. The van der Waals surface area contributed by atoms with Crippen LogP contribution in [0.3, 0.4) is 0 Å². The second-order valence-corrected chi connectivity index (χ2v) is 7.03. The molecule has 1 aliphatic heterocycles. The number of pyridine rings is 1. The largest absolute Gasteiger partial charge is 0.339 e. The average molecular weight is 368 g/mol. The van der Waals surface area contributed by atoms with Gasteiger partial charge >= 0.3 is 0 Å². The Labute approximate surface area is 163 Å². The summed E-state index contributed by atoms with van der Waals surface area (Å²) >= 11 is 0. The van der Waals surface area contributed by atoms with Gasteiger partial charge in [-0.2, -0.15) is 0 Å². The van der Waals surface area contributed by atoms with Gasteiger partial charge in [-0.15, -0.1) is 0 Å². The first-order chi connectivity index (χ1) is 13.8. The minimum atomic E-state index is 0.112. The number of amides is 1. The zero-order valence-corrected chi connectivity index (χ0v) is 15.5. The van der Waals surface area contributed by atoms with Crippen LogP contribution in [0, 0.1) is 0 Å². The summed E-state index contributed by atoms with van der Waals surface area (Å²) in [7, 11) is 0. The Morgan fingerprint density at radius 2 is 1.61 bits per heavy atom. The molecule has 28 heavy (non-hydrogen) atoms. The number of hydrogen-bond donors (Lipinski definition) is 0. The highest BCUT2D eigenvalue weighted by Gasteiger charge is 2.20. The molecule has 2 aromatic carbocycles. The molecule has 1 saturated heterocycles. The summed E-state index contributed by atoms with van der Waals surface area (Å²) in [5, 5.41) is 0. The number of benzene rings is 2. The molecule has 0 aliphatic carbocycles. The fourth-order valence-electron chi connectivity index (χ4n) is 3.79. The van der Waals surface area contributed by atoms with E-state index < -0.39 is 0 Å². The van der Waals surface area contributed by atoms with Gasteiger partial charge < -0.3 is 4.90 Å². The SMILES string of the molecule is O=C(c1ccc(-n2c(-c3ccccc3)nc3cccnc32)cc1)N1CCCC1.